The zero-order valence-corrected chi connectivity index (χ0v) is 19.6. The van der Waals surface area contributed by atoms with Crippen LogP contribution in [-0.4, -0.2) is 60.3 Å². The van der Waals surface area contributed by atoms with Gasteiger partial charge in [0.1, 0.15) is 0 Å². The van der Waals surface area contributed by atoms with E-state index in [1.165, 1.54) is 0 Å². The molecule has 160 valence electrons. The molecule has 1 aromatic rings. The first-order valence-electron chi connectivity index (χ1n) is 10.2. The van der Waals surface area contributed by atoms with Gasteiger partial charge in [-0.2, -0.15) is 0 Å². The average molecular weight is 513 g/mol. The van der Waals surface area contributed by atoms with Gasteiger partial charge in [0.05, 0.1) is 0 Å². The number of guanidine groups is 1. The van der Waals surface area contributed by atoms with E-state index >= 15 is 0 Å². The molecule has 2 N–H and O–H groups in total. The number of hydrogen-bond acceptors (Lipinski definition) is 3. The molecule has 0 aromatic heterocycles. The Labute approximate surface area is 190 Å². The molecule has 8 heteroatoms. The lowest BCUT2D eigenvalue weighted by Crippen LogP contribution is -2.44. The Morgan fingerprint density at radius 1 is 1.28 bits per heavy atom. The summed E-state index contributed by atoms with van der Waals surface area (Å²) in [5, 5.41) is 6.77. The lowest BCUT2D eigenvalue weighted by molar-refractivity contribution is -0.130. The molecule has 2 aliphatic rings. The van der Waals surface area contributed by atoms with Gasteiger partial charge in [-0.15, -0.1) is 24.0 Å². The van der Waals surface area contributed by atoms with Gasteiger partial charge in [0.15, 0.2) is 5.96 Å². The summed E-state index contributed by atoms with van der Waals surface area (Å²) in [5.41, 5.74) is 2.31. The Morgan fingerprint density at radius 3 is 2.76 bits per heavy atom. The fourth-order valence-electron chi connectivity index (χ4n) is 3.83. The Morgan fingerprint density at radius 2 is 2.07 bits per heavy atom. The number of carbonyl (C=O) groups is 2. The standard InChI is InChI=1S/C21H31N5O2.HI/c1-3-19(27)26-11-9-18(15-26)24-21(22-2)23-13-16-6-4-7-17(12-16)14-25-10-5-8-20(25)28;/h4,6-7,12,18H,3,5,8-11,13-15H2,1-2H3,(H2,22,23,24);1H. The quantitative estimate of drug-likeness (QED) is 0.347. The molecule has 0 saturated carbocycles. The molecule has 2 saturated heterocycles. The van der Waals surface area contributed by atoms with Crippen LogP contribution in [0.2, 0.25) is 0 Å². The van der Waals surface area contributed by atoms with Gasteiger partial charge < -0.3 is 20.4 Å². The van der Waals surface area contributed by atoms with Crippen LogP contribution in [0.25, 0.3) is 0 Å². The lowest BCUT2D eigenvalue weighted by Gasteiger charge is -2.19. The third kappa shape index (κ3) is 6.58. The molecular formula is C21H32IN5O2. The highest BCUT2D eigenvalue weighted by Crippen LogP contribution is 2.15. The molecule has 2 amide bonds. The van der Waals surface area contributed by atoms with Crippen LogP contribution in [-0.2, 0) is 22.7 Å². The van der Waals surface area contributed by atoms with E-state index in [1.54, 1.807) is 7.05 Å². The number of rotatable bonds is 6. The normalized spacial score (nSPS) is 19.3. The maximum atomic E-state index is 11.8. The molecule has 0 spiro atoms. The fourth-order valence-corrected chi connectivity index (χ4v) is 3.83. The molecule has 0 bridgehead atoms. The smallest absolute Gasteiger partial charge is 0.222 e. The molecule has 2 fully saturated rings. The van der Waals surface area contributed by atoms with E-state index in [0.29, 0.717) is 25.9 Å². The first kappa shape index (κ1) is 23.4. The Balaban J connectivity index is 0.00000300. The molecular weight excluding hydrogens is 481 g/mol. The molecule has 2 heterocycles. The summed E-state index contributed by atoms with van der Waals surface area (Å²) in [6, 6.07) is 8.55. The molecule has 2 aliphatic heterocycles. The molecule has 0 radical (unpaired) electrons. The SMILES string of the molecule is CCC(=O)N1CCC(NC(=NC)NCc2cccc(CN3CCCC3=O)c2)C1.I. The Bertz CT molecular complexity index is 740. The van der Waals surface area contributed by atoms with Gasteiger partial charge in [0.2, 0.25) is 11.8 Å². The number of nitrogens with zero attached hydrogens (tertiary/aromatic N) is 3. The van der Waals surface area contributed by atoms with Crippen LogP contribution >= 0.6 is 24.0 Å². The zero-order chi connectivity index (χ0) is 19.9. The maximum absolute atomic E-state index is 11.8. The van der Waals surface area contributed by atoms with Gasteiger partial charge >= 0.3 is 0 Å². The van der Waals surface area contributed by atoms with E-state index in [-0.39, 0.29) is 41.8 Å². The number of carbonyl (C=O) groups excluding carboxylic acids is 2. The molecule has 1 unspecified atom stereocenters. The van der Waals surface area contributed by atoms with Crippen molar-refractivity contribution in [1.29, 1.82) is 0 Å². The van der Waals surface area contributed by atoms with Crippen LogP contribution in [0.3, 0.4) is 0 Å². The van der Waals surface area contributed by atoms with Gasteiger partial charge in [-0.1, -0.05) is 31.2 Å². The second kappa shape index (κ2) is 11.4. The van der Waals surface area contributed by atoms with Crippen molar-refractivity contribution in [1.82, 2.24) is 20.4 Å². The maximum Gasteiger partial charge on any atom is 0.222 e. The topological polar surface area (TPSA) is 77.0 Å². The number of aliphatic imine (C=N–C) groups is 1. The molecule has 1 aromatic carbocycles. The average Bonchev–Trinajstić information content (AvgIpc) is 3.34. The van der Waals surface area contributed by atoms with Gasteiger partial charge in [-0.3, -0.25) is 14.6 Å². The number of halogens is 1. The van der Waals surface area contributed by atoms with Crippen molar-refractivity contribution in [3.05, 3.63) is 35.4 Å². The fraction of sp³-hybridized carbons (Fsp3) is 0.571. The number of likely N-dealkylation sites (tertiary alicyclic amines) is 2. The van der Waals surface area contributed by atoms with E-state index in [1.807, 2.05) is 22.8 Å². The van der Waals surface area contributed by atoms with E-state index in [2.05, 4.69) is 33.8 Å². The predicted molar refractivity (Wildman–Crippen MR) is 125 cm³/mol. The number of nitrogens with one attached hydrogen (secondary N) is 2. The van der Waals surface area contributed by atoms with E-state index in [9.17, 15) is 9.59 Å². The lowest BCUT2D eigenvalue weighted by atomic mass is 10.1. The molecule has 0 aliphatic carbocycles. The first-order chi connectivity index (χ1) is 13.6. The zero-order valence-electron chi connectivity index (χ0n) is 17.3. The van der Waals surface area contributed by atoms with Crippen molar-refractivity contribution in [3.63, 3.8) is 0 Å². The van der Waals surface area contributed by atoms with E-state index in [0.717, 1.165) is 49.6 Å². The van der Waals surface area contributed by atoms with Crippen molar-refractivity contribution in [2.75, 3.05) is 26.7 Å². The minimum atomic E-state index is 0. The summed E-state index contributed by atoms with van der Waals surface area (Å²) >= 11 is 0. The van der Waals surface area contributed by atoms with E-state index < -0.39 is 0 Å². The minimum absolute atomic E-state index is 0. The predicted octanol–water partition coefficient (Wildman–Crippen LogP) is 2.10. The number of benzene rings is 1. The largest absolute Gasteiger partial charge is 0.352 e. The number of hydrogen-bond donors (Lipinski definition) is 2. The summed E-state index contributed by atoms with van der Waals surface area (Å²) in [6.07, 6.45) is 3.13. The van der Waals surface area contributed by atoms with Gasteiger partial charge in [0.25, 0.3) is 0 Å². The first-order valence-corrected chi connectivity index (χ1v) is 10.2. The third-order valence-corrected chi connectivity index (χ3v) is 5.40. The second-order valence-electron chi connectivity index (χ2n) is 7.49. The highest BCUT2D eigenvalue weighted by atomic mass is 127. The van der Waals surface area contributed by atoms with Crippen molar-refractivity contribution in [2.24, 2.45) is 4.99 Å². The van der Waals surface area contributed by atoms with Crippen molar-refractivity contribution >= 4 is 41.8 Å². The molecule has 1 atom stereocenters. The Hall–Kier alpha value is -1.84. The monoisotopic (exact) mass is 513 g/mol. The van der Waals surface area contributed by atoms with Crippen LogP contribution in [0, 0.1) is 0 Å². The highest BCUT2D eigenvalue weighted by Gasteiger charge is 2.25. The van der Waals surface area contributed by atoms with Gasteiger partial charge in [-0.05, 0) is 24.0 Å². The molecule has 3 rings (SSSR count). The van der Waals surface area contributed by atoms with Gasteiger partial charge in [-0.25, -0.2) is 0 Å². The van der Waals surface area contributed by atoms with E-state index in [4.69, 9.17) is 0 Å². The third-order valence-electron chi connectivity index (χ3n) is 5.40. The van der Waals surface area contributed by atoms with Crippen LogP contribution in [0.4, 0.5) is 0 Å². The summed E-state index contributed by atoms with van der Waals surface area (Å²) < 4.78 is 0. The molecule has 7 nitrogen and oxygen atoms in total. The Kier molecular flexibility index (Phi) is 9.19. The highest BCUT2D eigenvalue weighted by molar-refractivity contribution is 14.0. The summed E-state index contributed by atoms with van der Waals surface area (Å²) in [7, 11) is 1.76. The molecule has 29 heavy (non-hydrogen) atoms. The van der Waals surface area contributed by atoms with Crippen LogP contribution < -0.4 is 10.6 Å². The van der Waals surface area contributed by atoms with Crippen molar-refractivity contribution in [3.8, 4) is 0 Å². The summed E-state index contributed by atoms with van der Waals surface area (Å²) in [5.74, 6) is 1.21. The number of amides is 2. The minimum Gasteiger partial charge on any atom is -0.352 e. The second-order valence-corrected chi connectivity index (χ2v) is 7.49. The van der Waals surface area contributed by atoms with Crippen LogP contribution in [0.5, 0.6) is 0 Å². The summed E-state index contributed by atoms with van der Waals surface area (Å²) in [4.78, 5) is 31.8. The van der Waals surface area contributed by atoms with Crippen LogP contribution in [0.15, 0.2) is 29.3 Å². The summed E-state index contributed by atoms with van der Waals surface area (Å²) in [6.45, 7) is 5.63. The van der Waals surface area contributed by atoms with Gasteiger partial charge in [0, 0.05) is 58.7 Å². The van der Waals surface area contributed by atoms with Crippen molar-refractivity contribution in [2.45, 2.75) is 51.7 Å². The van der Waals surface area contributed by atoms with Crippen molar-refractivity contribution < 1.29 is 9.59 Å². The van der Waals surface area contributed by atoms with Crippen LogP contribution in [0.1, 0.15) is 43.7 Å².